The highest BCUT2D eigenvalue weighted by molar-refractivity contribution is 5.83. The van der Waals surface area contributed by atoms with Crippen molar-refractivity contribution >= 4 is 11.9 Å². The van der Waals surface area contributed by atoms with Crippen LogP contribution in [0.25, 0.3) is 0 Å². The average Bonchev–Trinajstić information content (AvgIpc) is 2.82. The van der Waals surface area contributed by atoms with E-state index < -0.39 is 18.6 Å². The molecule has 0 aromatic carbocycles. The van der Waals surface area contributed by atoms with Crippen LogP contribution in [0.4, 0.5) is 0 Å². The molecule has 0 aliphatic heterocycles. The van der Waals surface area contributed by atoms with Crippen LogP contribution in [0.3, 0.4) is 0 Å². The Morgan fingerprint density at radius 3 is 1.12 bits per heavy atom. The summed E-state index contributed by atoms with van der Waals surface area (Å²) in [6.07, 6.45) is 31.1. The molecule has 0 aliphatic rings. The van der Waals surface area contributed by atoms with Crippen molar-refractivity contribution in [3.8, 4) is 0 Å². The number of hydrogen-bond acceptors (Lipinski definition) is 3. The topological polar surface area (TPSA) is 86.6 Å². The van der Waals surface area contributed by atoms with Crippen LogP contribution in [-0.4, -0.2) is 34.7 Å². The van der Waals surface area contributed by atoms with E-state index in [1.807, 2.05) is 0 Å². The lowest BCUT2D eigenvalue weighted by atomic mass is 10.0. The maximum atomic E-state index is 11.6. The van der Waals surface area contributed by atoms with Gasteiger partial charge in [-0.05, 0) is 6.42 Å². The number of rotatable bonds is 27. The van der Waals surface area contributed by atoms with Gasteiger partial charge < -0.3 is 15.5 Å². The van der Waals surface area contributed by atoms with Gasteiger partial charge in [-0.3, -0.25) is 4.79 Å². The van der Waals surface area contributed by atoms with Gasteiger partial charge in [-0.25, -0.2) is 4.79 Å². The van der Waals surface area contributed by atoms with Gasteiger partial charge >= 0.3 is 5.97 Å². The zero-order chi connectivity index (χ0) is 25.1. The number of carbonyl (C=O) groups is 2. The highest BCUT2D eigenvalue weighted by atomic mass is 16.4. The summed E-state index contributed by atoms with van der Waals surface area (Å²) in [5, 5.41) is 20.1. The van der Waals surface area contributed by atoms with Gasteiger partial charge in [0.2, 0.25) is 5.91 Å². The second-order valence-electron chi connectivity index (χ2n) is 10.2. The van der Waals surface area contributed by atoms with E-state index in [0.29, 0.717) is 6.42 Å². The number of aliphatic hydroxyl groups is 1. The van der Waals surface area contributed by atoms with E-state index in [0.717, 1.165) is 19.3 Å². The van der Waals surface area contributed by atoms with Gasteiger partial charge in [0.05, 0.1) is 6.61 Å². The second kappa shape index (κ2) is 26.5. The fourth-order valence-electron chi connectivity index (χ4n) is 4.52. The quantitative estimate of drug-likeness (QED) is 0.104. The number of carboxylic acid groups (broad SMARTS) is 1. The SMILES string of the molecule is CCCCCCCCCCCCCCCCCCCCCCCCCC(=O)N[C@@H](CO)C(=O)O. The summed E-state index contributed by atoms with van der Waals surface area (Å²) in [6, 6.07) is -1.18. The van der Waals surface area contributed by atoms with Crippen LogP contribution >= 0.6 is 0 Å². The molecule has 0 aromatic rings. The summed E-state index contributed by atoms with van der Waals surface area (Å²) in [7, 11) is 0. The van der Waals surface area contributed by atoms with E-state index in [1.165, 1.54) is 128 Å². The Bertz CT molecular complexity index is 455. The summed E-state index contributed by atoms with van der Waals surface area (Å²) < 4.78 is 0. The second-order valence-corrected chi connectivity index (χ2v) is 10.2. The van der Waals surface area contributed by atoms with Crippen molar-refractivity contribution in [2.75, 3.05) is 6.61 Å². The highest BCUT2D eigenvalue weighted by Gasteiger charge is 2.17. The first kappa shape index (κ1) is 32.9. The van der Waals surface area contributed by atoms with Crippen molar-refractivity contribution in [3.63, 3.8) is 0 Å². The standard InChI is InChI=1S/C29H57NO4/c1-2-3-4-5-6-7-8-9-10-11-12-13-14-15-16-17-18-19-20-21-22-23-24-25-28(32)30-27(26-31)29(33)34/h27,31H,2-26H2,1H3,(H,30,32)(H,33,34)/t27-/m0/s1. The van der Waals surface area contributed by atoms with Crippen LogP contribution in [0.1, 0.15) is 161 Å². The number of nitrogens with one attached hydrogen (secondary N) is 1. The molecule has 1 atom stereocenters. The Kier molecular flexibility index (Phi) is 25.6. The summed E-state index contributed by atoms with van der Waals surface area (Å²) in [5.74, 6) is -1.48. The third-order valence-electron chi connectivity index (χ3n) is 6.82. The van der Waals surface area contributed by atoms with Crippen LogP contribution in [0.2, 0.25) is 0 Å². The zero-order valence-electron chi connectivity index (χ0n) is 22.5. The fourth-order valence-corrected chi connectivity index (χ4v) is 4.52. The van der Waals surface area contributed by atoms with Gasteiger partial charge in [0.15, 0.2) is 0 Å². The van der Waals surface area contributed by atoms with Gasteiger partial charge in [-0.1, -0.05) is 148 Å². The van der Waals surface area contributed by atoms with Crippen LogP contribution in [0, 0.1) is 0 Å². The van der Waals surface area contributed by atoms with Gasteiger partial charge in [0, 0.05) is 6.42 Å². The third-order valence-corrected chi connectivity index (χ3v) is 6.82. The van der Waals surface area contributed by atoms with Gasteiger partial charge in [-0.15, -0.1) is 0 Å². The minimum Gasteiger partial charge on any atom is -0.480 e. The molecule has 202 valence electrons. The first-order valence-corrected chi connectivity index (χ1v) is 14.7. The van der Waals surface area contributed by atoms with Crippen molar-refractivity contribution in [1.29, 1.82) is 0 Å². The molecule has 0 radical (unpaired) electrons. The Morgan fingerprint density at radius 1 is 0.559 bits per heavy atom. The molecule has 5 heteroatoms. The molecule has 3 N–H and O–H groups in total. The van der Waals surface area contributed by atoms with Crippen LogP contribution in [-0.2, 0) is 9.59 Å². The van der Waals surface area contributed by atoms with Crippen molar-refractivity contribution in [2.24, 2.45) is 0 Å². The van der Waals surface area contributed by atoms with Crippen molar-refractivity contribution in [3.05, 3.63) is 0 Å². The molecule has 0 aliphatic carbocycles. The lowest BCUT2D eigenvalue weighted by Gasteiger charge is -2.11. The Balaban J connectivity index is 3.18. The van der Waals surface area contributed by atoms with E-state index >= 15 is 0 Å². The van der Waals surface area contributed by atoms with Gasteiger partial charge in [0.1, 0.15) is 6.04 Å². The third kappa shape index (κ3) is 24.0. The summed E-state index contributed by atoms with van der Waals surface area (Å²) in [6.45, 7) is 1.71. The maximum Gasteiger partial charge on any atom is 0.328 e. The normalized spacial score (nSPS) is 12.1. The molecule has 0 unspecified atom stereocenters. The number of aliphatic hydroxyl groups excluding tert-OH is 1. The lowest BCUT2D eigenvalue weighted by Crippen LogP contribution is -2.43. The van der Waals surface area contributed by atoms with Crippen LogP contribution < -0.4 is 5.32 Å². The minimum atomic E-state index is -1.19. The first-order valence-electron chi connectivity index (χ1n) is 14.7. The van der Waals surface area contributed by atoms with Crippen LogP contribution in [0.5, 0.6) is 0 Å². The Labute approximate surface area is 210 Å². The van der Waals surface area contributed by atoms with E-state index in [2.05, 4.69) is 12.2 Å². The Hall–Kier alpha value is -1.10. The van der Waals surface area contributed by atoms with Crippen molar-refractivity contribution in [1.82, 2.24) is 5.32 Å². The van der Waals surface area contributed by atoms with E-state index in [1.54, 1.807) is 0 Å². The number of carboxylic acids is 1. The molecule has 0 spiro atoms. The zero-order valence-corrected chi connectivity index (χ0v) is 22.5. The summed E-state index contributed by atoms with van der Waals surface area (Å²) >= 11 is 0. The predicted molar refractivity (Wildman–Crippen MR) is 143 cm³/mol. The van der Waals surface area contributed by atoms with Crippen LogP contribution in [0.15, 0.2) is 0 Å². The molecular weight excluding hydrogens is 426 g/mol. The Morgan fingerprint density at radius 2 is 0.853 bits per heavy atom. The predicted octanol–water partition coefficient (Wildman–Crippen LogP) is 7.93. The molecule has 0 bridgehead atoms. The molecule has 0 aromatic heterocycles. The van der Waals surface area contributed by atoms with Crippen molar-refractivity contribution < 1.29 is 19.8 Å². The van der Waals surface area contributed by atoms with E-state index in [4.69, 9.17) is 10.2 Å². The number of hydrogen-bond donors (Lipinski definition) is 3. The molecule has 0 saturated carbocycles. The van der Waals surface area contributed by atoms with Gasteiger partial charge in [0.25, 0.3) is 0 Å². The fraction of sp³-hybridized carbons (Fsp3) is 0.931. The summed E-state index contributed by atoms with van der Waals surface area (Å²) in [5.41, 5.74) is 0. The smallest absolute Gasteiger partial charge is 0.328 e. The largest absolute Gasteiger partial charge is 0.480 e. The molecule has 0 saturated heterocycles. The number of carbonyl (C=O) groups excluding carboxylic acids is 1. The van der Waals surface area contributed by atoms with E-state index in [9.17, 15) is 9.59 Å². The molecule has 0 fully saturated rings. The number of unbranched alkanes of at least 4 members (excludes halogenated alkanes) is 22. The van der Waals surface area contributed by atoms with E-state index in [-0.39, 0.29) is 5.91 Å². The first-order chi connectivity index (χ1) is 16.6. The molecule has 5 nitrogen and oxygen atoms in total. The molecule has 0 heterocycles. The molecular formula is C29H57NO4. The minimum absolute atomic E-state index is 0.287. The van der Waals surface area contributed by atoms with Crippen molar-refractivity contribution in [2.45, 2.75) is 167 Å². The molecule has 0 rings (SSSR count). The monoisotopic (exact) mass is 483 g/mol. The summed E-state index contributed by atoms with van der Waals surface area (Å²) in [4.78, 5) is 22.4. The number of aliphatic carboxylic acids is 1. The highest BCUT2D eigenvalue weighted by Crippen LogP contribution is 2.15. The average molecular weight is 484 g/mol. The number of amides is 1. The van der Waals surface area contributed by atoms with Gasteiger partial charge in [-0.2, -0.15) is 0 Å². The molecule has 1 amide bonds. The lowest BCUT2D eigenvalue weighted by molar-refractivity contribution is -0.142. The molecule has 34 heavy (non-hydrogen) atoms. The maximum absolute atomic E-state index is 11.6.